The third kappa shape index (κ3) is 10.9. The van der Waals surface area contributed by atoms with Crippen molar-refractivity contribution in [2.75, 3.05) is 32.2 Å². The van der Waals surface area contributed by atoms with Gasteiger partial charge in [-0.3, -0.25) is 14.6 Å². The summed E-state index contributed by atoms with van der Waals surface area (Å²) < 4.78 is 109. The quantitative estimate of drug-likeness (QED) is 0.161. The van der Waals surface area contributed by atoms with Gasteiger partial charge in [-0.15, -0.1) is 0 Å². The number of carbonyl (C=O) groups is 3. The highest BCUT2D eigenvalue weighted by atomic mass is 19.4. The van der Waals surface area contributed by atoms with Crippen LogP contribution in [0.3, 0.4) is 0 Å². The Morgan fingerprint density at radius 1 is 1.00 bits per heavy atom. The molecule has 270 valence electrons. The van der Waals surface area contributed by atoms with Gasteiger partial charge in [0, 0.05) is 18.0 Å². The fraction of sp³-hybridized carbons (Fsp3) is 0.394. The number of alkyl carbamates (subject to hydrolysis) is 1. The molecule has 0 unspecified atom stereocenters. The Labute approximate surface area is 281 Å². The summed E-state index contributed by atoms with van der Waals surface area (Å²) in [5.41, 5.74) is 0.242. The largest absolute Gasteiger partial charge is 0.464 e. The molecule has 2 amide bonds. The molecule has 2 aromatic carbocycles. The van der Waals surface area contributed by atoms with E-state index in [1.807, 2.05) is 0 Å². The number of alkyl halides is 3. The van der Waals surface area contributed by atoms with Crippen molar-refractivity contribution in [3.8, 4) is 0 Å². The van der Waals surface area contributed by atoms with Gasteiger partial charge < -0.3 is 30.2 Å². The van der Waals surface area contributed by atoms with Gasteiger partial charge >= 0.3 is 18.2 Å². The monoisotopic (exact) mass is 714 g/mol. The number of anilines is 1. The maximum atomic E-state index is 15.1. The van der Waals surface area contributed by atoms with Gasteiger partial charge in [-0.25, -0.2) is 22.4 Å². The van der Waals surface area contributed by atoms with E-state index in [1.165, 1.54) is 24.4 Å². The Bertz CT molecular complexity index is 1640. The molecule has 1 fully saturated rings. The lowest BCUT2D eigenvalue weighted by atomic mass is 9.84. The number of benzene rings is 2. The molecule has 0 radical (unpaired) electrons. The summed E-state index contributed by atoms with van der Waals surface area (Å²) in [4.78, 5) is 41.7. The Hall–Kier alpha value is -4.77. The van der Waals surface area contributed by atoms with Crippen LogP contribution in [0.4, 0.5) is 41.2 Å². The van der Waals surface area contributed by atoms with E-state index in [0.29, 0.717) is 0 Å². The number of hydrogen-bond donors (Lipinski definition) is 3. The zero-order valence-corrected chi connectivity index (χ0v) is 26.5. The molecule has 2 heterocycles. The molecular weight excluding hydrogens is 681 g/mol. The number of halogens is 7. The molecule has 4 atom stereocenters. The molecule has 50 heavy (non-hydrogen) atoms. The van der Waals surface area contributed by atoms with Crippen LogP contribution < -0.4 is 16.0 Å². The minimum absolute atomic E-state index is 0.0209. The van der Waals surface area contributed by atoms with Crippen LogP contribution in [0, 0.1) is 23.3 Å². The molecule has 1 saturated heterocycles. The SMILES string of the molecule is COC(=O)N[C@H](C(=O)Nc1cncc(F)c1CC[C@@H]1CN[C@H](COC(=O)CCC(F)(F)F)CO1)[C@H](c1ccc(F)cc1)c1ccc(F)c(F)c1. The zero-order chi connectivity index (χ0) is 36.4. The number of morpholine rings is 1. The van der Waals surface area contributed by atoms with Gasteiger partial charge in [-0.1, -0.05) is 18.2 Å². The molecule has 10 nitrogen and oxygen atoms in total. The normalized spacial score (nSPS) is 17.4. The number of nitrogens with one attached hydrogen (secondary N) is 3. The third-order valence-corrected chi connectivity index (χ3v) is 7.81. The Balaban J connectivity index is 1.47. The number of ether oxygens (including phenoxy) is 3. The van der Waals surface area contributed by atoms with Gasteiger partial charge in [0.25, 0.3) is 0 Å². The van der Waals surface area contributed by atoms with Gasteiger partial charge in [-0.2, -0.15) is 13.2 Å². The van der Waals surface area contributed by atoms with Crippen molar-refractivity contribution in [2.45, 2.75) is 56.0 Å². The number of aromatic nitrogens is 1. The van der Waals surface area contributed by atoms with Crippen molar-refractivity contribution in [1.29, 1.82) is 0 Å². The predicted molar refractivity (Wildman–Crippen MR) is 163 cm³/mol. The third-order valence-electron chi connectivity index (χ3n) is 7.81. The number of rotatable bonds is 13. The standard InChI is InChI=1S/C33H33F7N4O6/c1-48-32(47)44-30(29(18-2-5-20(34)6-3-18)19-4-9-24(35)25(36)12-19)31(46)43-27-15-41-14-26(37)23(27)8-7-22-13-42-21(16-49-22)17-50-28(45)10-11-33(38,39)40/h2-6,9,12,14-15,21-22,29-30,42H,7-8,10-11,13,16-17H2,1H3,(H,43,46)(H,44,47)/t21-,22+,29+,30-/m0/s1. The van der Waals surface area contributed by atoms with Crippen molar-refractivity contribution in [1.82, 2.24) is 15.6 Å². The summed E-state index contributed by atoms with van der Waals surface area (Å²) >= 11 is 0. The molecule has 17 heteroatoms. The molecule has 0 saturated carbocycles. The van der Waals surface area contributed by atoms with E-state index in [0.717, 1.165) is 37.6 Å². The maximum absolute atomic E-state index is 15.1. The summed E-state index contributed by atoms with van der Waals surface area (Å²) in [5, 5.41) is 7.99. The first kappa shape index (κ1) is 38.0. The van der Waals surface area contributed by atoms with Crippen molar-refractivity contribution >= 4 is 23.7 Å². The highest BCUT2D eigenvalue weighted by molar-refractivity contribution is 5.98. The second-order valence-corrected chi connectivity index (χ2v) is 11.4. The molecule has 0 spiro atoms. The zero-order valence-electron chi connectivity index (χ0n) is 26.5. The molecule has 1 aromatic heterocycles. The molecule has 0 aliphatic carbocycles. The van der Waals surface area contributed by atoms with Gasteiger partial charge in [0.2, 0.25) is 5.91 Å². The van der Waals surface area contributed by atoms with Gasteiger partial charge in [0.15, 0.2) is 11.6 Å². The van der Waals surface area contributed by atoms with Gasteiger partial charge in [0.05, 0.1) is 56.8 Å². The summed E-state index contributed by atoms with van der Waals surface area (Å²) in [6.07, 6.45) is -5.73. The molecule has 3 N–H and O–H groups in total. The second kappa shape index (κ2) is 17.2. The number of methoxy groups -OCH3 is 1. The fourth-order valence-corrected chi connectivity index (χ4v) is 5.25. The van der Waals surface area contributed by atoms with E-state index >= 15 is 4.39 Å². The van der Waals surface area contributed by atoms with E-state index in [-0.39, 0.29) is 55.0 Å². The van der Waals surface area contributed by atoms with Crippen LogP contribution in [0.1, 0.15) is 41.9 Å². The second-order valence-electron chi connectivity index (χ2n) is 11.4. The van der Waals surface area contributed by atoms with Crippen LogP contribution in [0.5, 0.6) is 0 Å². The molecular formula is C33H33F7N4O6. The van der Waals surface area contributed by atoms with Gasteiger partial charge in [0.1, 0.15) is 24.3 Å². The first-order valence-corrected chi connectivity index (χ1v) is 15.3. The average molecular weight is 715 g/mol. The smallest absolute Gasteiger partial charge is 0.407 e. The van der Waals surface area contributed by atoms with Crippen LogP contribution in [0.2, 0.25) is 0 Å². The van der Waals surface area contributed by atoms with Crippen molar-refractivity contribution in [3.05, 3.63) is 94.8 Å². The minimum Gasteiger partial charge on any atom is -0.464 e. The van der Waals surface area contributed by atoms with Crippen LogP contribution >= 0.6 is 0 Å². The number of amides is 2. The van der Waals surface area contributed by atoms with Crippen molar-refractivity contribution in [3.63, 3.8) is 0 Å². The van der Waals surface area contributed by atoms with Crippen molar-refractivity contribution in [2.24, 2.45) is 0 Å². The van der Waals surface area contributed by atoms with Crippen LogP contribution in [0.25, 0.3) is 0 Å². The molecule has 0 bridgehead atoms. The average Bonchev–Trinajstić information content (AvgIpc) is 3.08. The minimum atomic E-state index is -4.48. The molecule has 1 aliphatic heterocycles. The molecule has 4 rings (SSSR count). The Morgan fingerprint density at radius 2 is 1.72 bits per heavy atom. The van der Waals surface area contributed by atoms with E-state index < -0.39 is 84.4 Å². The lowest BCUT2D eigenvalue weighted by Gasteiger charge is -2.30. The predicted octanol–water partition coefficient (Wildman–Crippen LogP) is 5.31. The number of pyridine rings is 1. The van der Waals surface area contributed by atoms with Gasteiger partial charge in [-0.05, 0) is 48.2 Å². The number of nitrogens with zero attached hydrogens (tertiary/aromatic N) is 1. The highest BCUT2D eigenvalue weighted by Crippen LogP contribution is 2.31. The van der Waals surface area contributed by atoms with E-state index in [4.69, 9.17) is 9.47 Å². The summed E-state index contributed by atoms with van der Waals surface area (Å²) in [5.74, 6) is -6.93. The lowest BCUT2D eigenvalue weighted by Crippen LogP contribution is -2.49. The summed E-state index contributed by atoms with van der Waals surface area (Å²) in [7, 11) is 1.04. The first-order chi connectivity index (χ1) is 23.7. The Kier molecular flexibility index (Phi) is 13.1. The fourth-order valence-electron chi connectivity index (χ4n) is 5.25. The van der Waals surface area contributed by atoms with Crippen LogP contribution in [0.15, 0.2) is 54.9 Å². The maximum Gasteiger partial charge on any atom is 0.407 e. The topological polar surface area (TPSA) is 128 Å². The molecule has 3 aromatic rings. The number of hydrogen-bond acceptors (Lipinski definition) is 8. The highest BCUT2D eigenvalue weighted by Gasteiger charge is 2.35. The first-order valence-electron chi connectivity index (χ1n) is 15.3. The number of carbonyl (C=O) groups excluding carboxylic acids is 3. The van der Waals surface area contributed by atoms with E-state index in [9.17, 15) is 40.7 Å². The summed E-state index contributed by atoms with van der Waals surface area (Å²) in [6, 6.07) is 5.57. The lowest BCUT2D eigenvalue weighted by molar-refractivity contribution is -0.158. The van der Waals surface area contributed by atoms with Crippen LogP contribution in [-0.4, -0.2) is 74.2 Å². The van der Waals surface area contributed by atoms with Crippen LogP contribution in [-0.2, 0) is 30.2 Å². The molecule has 1 aliphatic rings. The number of esters is 1. The Morgan fingerprint density at radius 3 is 2.36 bits per heavy atom. The van der Waals surface area contributed by atoms with Crippen molar-refractivity contribution < 1.29 is 59.3 Å². The van der Waals surface area contributed by atoms with E-state index in [2.05, 4.69) is 25.7 Å². The summed E-state index contributed by atoms with van der Waals surface area (Å²) in [6.45, 7) is 0.0793. The van der Waals surface area contributed by atoms with E-state index in [1.54, 1.807) is 0 Å².